The lowest BCUT2D eigenvalue weighted by Gasteiger charge is -2.43. The molecule has 40 heavy (non-hydrogen) atoms. The molecule has 2 aromatic rings. The summed E-state index contributed by atoms with van der Waals surface area (Å²) in [7, 11) is 0. The number of benzene rings is 2. The van der Waals surface area contributed by atoms with Gasteiger partial charge in [0, 0.05) is 11.1 Å². The molecule has 0 aromatic heterocycles. The van der Waals surface area contributed by atoms with Crippen LogP contribution in [0.25, 0.3) is 0 Å². The zero-order valence-corrected chi connectivity index (χ0v) is 25.0. The standard InChI is InChI=1S/C29H39ClN4O6/c1-16-11-10-14-19(30)22(16)33-25(37)23(18-13-9-12-17(2)24(18)36)34(28(3,4)5)26(38)20(15-21(31)35)32-27(39)40-29(6,7)8/h9-14,20,23,36H,15H2,1-8H3,(H2,31,35)(H,32,39)(H,33,37). The summed E-state index contributed by atoms with van der Waals surface area (Å²) >= 11 is 6.37. The first kappa shape index (κ1) is 32.4. The Balaban J connectivity index is 2.71. The number of para-hydroxylation sites is 2. The van der Waals surface area contributed by atoms with Gasteiger partial charge in [0.2, 0.25) is 11.8 Å². The van der Waals surface area contributed by atoms with E-state index in [0.29, 0.717) is 16.8 Å². The van der Waals surface area contributed by atoms with Crippen LogP contribution in [0.3, 0.4) is 0 Å². The first-order valence-corrected chi connectivity index (χ1v) is 13.2. The Morgan fingerprint density at radius 2 is 1.57 bits per heavy atom. The van der Waals surface area contributed by atoms with Crippen molar-refractivity contribution in [3.05, 3.63) is 58.1 Å². The molecule has 0 spiro atoms. The Morgan fingerprint density at radius 1 is 1.00 bits per heavy atom. The molecule has 5 N–H and O–H groups in total. The van der Waals surface area contributed by atoms with Crippen LogP contribution in [0, 0.1) is 13.8 Å². The zero-order valence-electron chi connectivity index (χ0n) is 24.2. The highest BCUT2D eigenvalue weighted by molar-refractivity contribution is 6.34. The van der Waals surface area contributed by atoms with Gasteiger partial charge in [-0.25, -0.2) is 4.79 Å². The number of primary amides is 1. The fourth-order valence-electron chi connectivity index (χ4n) is 4.15. The van der Waals surface area contributed by atoms with Crippen molar-refractivity contribution in [2.24, 2.45) is 5.73 Å². The summed E-state index contributed by atoms with van der Waals surface area (Å²) in [5.74, 6) is -2.49. The van der Waals surface area contributed by atoms with Crippen molar-refractivity contribution in [1.82, 2.24) is 10.2 Å². The molecule has 0 bridgehead atoms. The number of ether oxygens (including phenoxy) is 1. The van der Waals surface area contributed by atoms with Crippen LogP contribution in [0.15, 0.2) is 36.4 Å². The number of nitrogens with two attached hydrogens (primary N) is 1. The van der Waals surface area contributed by atoms with Crippen LogP contribution in [0.4, 0.5) is 10.5 Å². The van der Waals surface area contributed by atoms with Crippen LogP contribution in [-0.2, 0) is 19.1 Å². The Kier molecular flexibility index (Phi) is 10.2. The van der Waals surface area contributed by atoms with Gasteiger partial charge in [0.15, 0.2) is 0 Å². The number of amides is 4. The van der Waals surface area contributed by atoms with Crippen LogP contribution in [0.1, 0.15) is 70.7 Å². The molecule has 2 unspecified atom stereocenters. The van der Waals surface area contributed by atoms with E-state index in [4.69, 9.17) is 22.1 Å². The molecule has 0 fully saturated rings. The maximum atomic E-state index is 14.2. The van der Waals surface area contributed by atoms with Gasteiger partial charge >= 0.3 is 6.09 Å². The molecule has 11 heteroatoms. The monoisotopic (exact) mass is 574 g/mol. The van der Waals surface area contributed by atoms with Crippen LogP contribution in [0.2, 0.25) is 5.02 Å². The van der Waals surface area contributed by atoms with Gasteiger partial charge in [-0.3, -0.25) is 14.4 Å². The molecule has 2 atom stereocenters. The molecule has 0 aliphatic heterocycles. The van der Waals surface area contributed by atoms with E-state index in [1.54, 1.807) is 85.7 Å². The van der Waals surface area contributed by atoms with E-state index >= 15 is 0 Å². The Bertz CT molecular complexity index is 1260. The maximum Gasteiger partial charge on any atom is 0.408 e. The number of carbonyl (C=O) groups is 4. The second-order valence-corrected chi connectivity index (χ2v) is 12.0. The van der Waals surface area contributed by atoms with Gasteiger partial charge in [0.25, 0.3) is 5.91 Å². The largest absolute Gasteiger partial charge is 0.507 e. The summed E-state index contributed by atoms with van der Waals surface area (Å²) in [6.45, 7) is 13.4. The molecular formula is C29H39ClN4O6. The average Bonchev–Trinajstić information content (AvgIpc) is 2.78. The molecule has 0 saturated heterocycles. The highest BCUT2D eigenvalue weighted by Gasteiger charge is 2.43. The fourth-order valence-corrected chi connectivity index (χ4v) is 4.41. The predicted octanol–water partition coefficient (Wildman–Crippen LogP) is 4.74. The second kappa shape index (κ2) is 12.6. The smallest absolute Gasteiger partial charge is 0.408 e. The minimum absolute atomic E-state index is 0.139. The second-order valence-electron chi connectivity index (χ2n) is 11.6. The van der Waals surface area contributed by atoms with Crippen LogP contribution in [0.5, 0.6) is 5.75 Å². The summed E-state index contributed by atoms with van der Waals surface area (Å²) in [6, 6.07) is 7.09. The van der Waals surface area contributed by atoms with Crippen molar-refractivity contribution < 1.29 is 29.0 Å². The van der Waals surface area contributed by atoms with Crippen molar-refractivity contribution in [3.8, 4) is 5.75 Å². The van der Waals surface area contributed by atoms with Gasteiger partial charge < -0.3 is 31.1 Å². The average molecular weight is 575 g/mol. The highest BCUT2D eigenvalue weighted by atomic mass is 35.5. The first-order chi connectivity index (χ1) is 18.3. The predicted molar refractivity (Wildman–Crippen MR) is 154 cm³/mol. The quantitative estimate of drug-likeness (QED) is 0.357. The molecule has 10 nitrogen and oxygen atoms in total. The number of anilines is 1. The lowest BCUT2D eigenvalue weighted by Crippen LogP contribution is -2.58. The van der Waals surface area contributed by atoms with Gasteiger partial charge in [0.1, 0.15) is 23.4 Å². The van der Waals surface area contributed by atoms with Gasteiger partial charge in [-0.2, -0.15) is 0 Å². The van der Waals surface area contributed by atoms with E-state index in [0.717, 1.165) is 0 Å². The number of nitrogens with one attached hydrogen (secondary N) is 2. The van der Waals surface area contributed by atoms with E-state index in [1.807, 2.05) is 0 Å². The number of alkyl carbamates (subject to hydrolysis) is 1. The maximum absolute atomic E-state index is 14.2. The third-order valence-electron chi connectivity index (χ3n) is 5.89. The number of phenolic OH excluding ortho intramolecular Hbond substituents is 1. The summed E-state index contributed by atoms with van der Waals surface area (Å²) in [6.07, 6.45) is -1.49. The first-order valence-electron chi connectivity index (χ1n) is 12.8. The normalized spacial score (nSPS) is 13.1. The van der Waals surface area contributed by atoms with Crippen molar-refractivity contribution >= 4 is 41.1 Å². The van der Waals surface area contributed by atoms with E-state index in [1.165, 1.54) is 11.0 Å². The van der Waals surface area contributed by atoms with Crippen LogP contribution >= 0.6 is 11.6 Å². The molecule has 0 heterocycles. The Labute approximate surface area is 240 Å². The number of nitrogens with zero attached hydrogens (tertiary/aromatic N) is 1. The van der Waals surface area contributed by atoms with Crippen LogP contribution < -0.4 is 16.4 Å². The minimum atomic E-state index is -1.46. The summed E-state index contributed by atoms with van der Waals surface area (Å²) in [5.41, 5.74) is 5.14. The topological polar surface area (TPSA) is 151 Å². The van der Waals surface area contributed by atoms with Crippen molar-refractivity contribution in [2.75, 3.05) is 5.32 Å². The van der Waals surface area contributed by atoms with E-state index in [9.17, 15) is 24.3 Å². The lowest BCUT2D eigenvalue weighted by molar-refractivity contribution is -0.147. The number of hydrogen-bond donors (Lipinski definition) is 4. The molecular weight excluding hydrogens is 536 g/mol. The van der Waals surface area contributed by atoms with Crippen molar-refractivity contribution in [2.45, 2.75) is 85.0 Å². The SMILES string of the molecule is Cc1cccc(C(C(=O)Nc2c(C)cccc2Cl)N(C(=O)C(CC(N)=O)NC(=O)OC(C)(C)C)C(C)(C)C)c1O. The third kappa shape index (κ3) is 8.35. The number of aromatic hydroxyl groups is 1. The van der Waals surface area contributed by atoms with E-state index in [2.05, 4.69) is 10.6 Å². The van der Waals surface area contributed by atoms with E-state index in [-0.39, 0.29) is 16.3 Å². The lowest BCUT2D eigenvalue weighted by atomic mass is 9.93. The fraction of sp³-hybridized carbons (Fsp3) is 0.448. The molecule has 0 radical (unpaired) electrons. The minimum Gasteiger partial charge on any atom is -0.507 e. The molecule has 2 rings (SSSR count). The van der Waals surface area contributed by atoms with Gasteiger partial charge in [0.05, 0.1) is 17.1 Å². The third-order valence-corrected chi connectivity index (χ3v) is 6.21. The molecule has 218 valence electrons. The number of halogens is 1. The van der Waals surface area contributed by atoms with Crippen molar-refractivity contribution in [1.29, 1.82) is 0 Å². The molecule has 2 aromatic carbocycles. The molecule has 4 amide bonds. The zero-order chi connectivity index (χ0) is 30.6. The number of rotatable bonds is 8. The van der Waals surface area contributed by atoms with Crippen LogP contribution in [-0.4, -0.2) is 51.0 Å². The summed E-state index contributed by atoms with van der Waals surface area (Å²) < 4.78 is 5.29. The number of aryl methyl sites for hydroxylation is 2. The van der Waals surface area contributed by atoms with Gasteiger partial charge in [-0.15, -0.1) is 0 Å². The Morgan fingerprint density at radius 3 is 2.10 bits per heavy atom. The molecule has 0 aliphatic rings. The molecule has 0 saturated carbocycles. The van der Waals surface area contributed by atoms with Gasteiger partial charge in [-0.1, -0.05) is 41.9 Å². The summed E-state index contributed by atoms with van der Waals surface area (Å²) in [4.78, 5) is 54.0. The Hall–Kier alpha value is -3.79. The molecule has 0 aliphatic carbocycles. The number of hydrogen-bond acceptors (Lipinski definition) is 6. The van der Waals surface area contributed by atoms with Gasteiger partial charge in [-0.05, 0) is 72.6 Å². The number of carbonyl (C=O) groups excluding carboxylic acids is 4. The van der Waals surface area contributed by atoms with E-state index < -0.39 is 53.5 Å². The summed E-state index contributed by atoms with van der Waals surface area (Å²) in [5, 5.41) is 16.6. The van der Waals surface area contributed by atoms with Crippen molar-refractivity contribution in [3.63, 3.8) is 0 Å². The highest BCUT2D eigenvalue weighted by Crippen LogP contribution is 2.37. The number of phenols is 1.